The Bertz CT molecular complexity index is 617. The highest BCUT2D eigenvalue weighted by Crippen LogP contribution is 2.27. The first-order valence-electron chi connectivity index (χ1n) is 6.71. The number of nitrogen functional groups attached to an aromatic ring is 1. The van der Waals surface area contributed by atoms with E-state index in [1.165, 1.54) is 11.8 Å². The lowest BCUT2D eigenvalue weighted by atomic mass is 10.1. The van der Waals surface area contributed by atoms with Crippen LogP contribution in [0.15, 0.2) is 42.6 Å². The number of hydrogen-bond acceptors (Lipinski definition) is 5. The van der Waals surface area contributed by atoms with Crippen molar-refractivity contribution in [2.45, 2.75) is 12.5 Å². The molecular weight excluding hydrogens is 268 g/mol. The van der Waals surface area contributed by atoms with Crippen LogP contribution >= 0.6 is 0 Å². The van der Waals surface area contributed by atoms with E-state index in [2.05, 4.69) is 15.7 Å². The minimum absolute atomic E-state index is 0.0238. The van der Waals surface area contributed by atoms with E-state index in [1.54, 1.807) is 12.1 Å². The van der Waals surface area contributed by atoms with E-state index < -0.39 is 0 Å². The second-order valence-electron chi connectivity index (χ2n) is 4.84. The van der Waals surface area contributed by atoms with Gasteiger partial charge >= 0.3 is 0 Å². The first-order valence-corrected chi connectivity index (χ1v) is 6.71. The van der Waals surface area contributed by atoms with Crippen molar-refractivity contribution < 1.29 is 9.53 Å². The molecule has 1 aliphatic rings. The van der Waals surface area contributed by atoms with Gasteiger partial charge in [-0.05, 0) is 23.8 Å². The number of nitrogens with zero attached hydrogens (tertiary/aromatic N) is 1. The molecule has 1 atom stereocenters. The molecule has 4 N–H and O–H groups in total. The minimum atomic E-state index is -0.175. The van der Waals surface area contributed by atoms with Crippen molar-refractivity contribution in [2.24, 2.45) is 5.84 Å². The Balaban J connectivity index is 1.55. The highest BCUT2D eigenvalue weighted by atomic mass is 16.5. The zero-order chi connectivity index (χ0) is 14.7. The molecule has 0 aliphatic carbocycles. The lowest BCUT2D eigenvalue weighted by molar-refractivity contribution is 0.0933. The number of pyridine rings is 1. The predicted molar refractivity (Wildman–Crippen MR) is 78.9 cm³/mol. The number of carbonyl (C=O) groups excluding carboxylic acids is 1. The van der Waals surface area contributed by atoms with E-state index in [-0.39, 0.29) is 12.0 Å². The van der Waals surface area contributed by atoms with Crippen LogP contribution in [0.4, 0.5) is 5.82 Å². The van der Waals surface area contributed by atoms with E-state index in [9.17, 15) is 4.79 Å². The Morgan fingerprint density at radius 3 is 2.90 bits per heavy atom. The number of ether oxygens (including phenoxy) is 1. The van der Waals surface area contributed by atoms with Crippen LogP contribution in [0.2, 0.25) is 0 Å². The molecule has 1 amide bonds. The van der Waals surface area contributed by atoms with E-state index in [0.717, 1.165) is 12.2 Å². The SMILES string of the molecule is NNc1ccc(C(=O)NCC2Cc3ccccc3O2)cn1. The van der Waals surface area contributed by atoms with Crippen LogP contribution in [0.25, 0.3) is 0 Å². The molecule has 1 aromatic heterocycles. The van der Waals surface area contributed by atoms with Crippen molar-refractivity contribution in [3.8, 4) is 5.75 Å². The Kier molecular flexibility index (Phi) is 3.70. The zero-order valence-electron chi connectivity index (χ0n) is 11.4. The molecule has 0 saturated heterocycles. The van der Waals surface area contributed by atoms with Crippen LogP contribution in [0.5, 0.6) is 5.75 Å². The molecule has 3 rings (SSSR count). The summed E-state index contributed by atoms with van der Waals surface area (Å²) in [6.45, 7) is 0.463. The first kappa shape index (κ1) is 13.4. The number of aromatic nitrogens is 1. The van der Waals surface area contributed by atoms with Gasteiger partial charge in [0.15, 0.2) is 0 Å². The second-order valence-corrected chi connectivity index (χ2v) is 4.84. The highest BCUT2D eigenvalue weighted by Gasteiger charge is 2.22. The lowest BCUT2D eigenvalue weighted by Gasteiger charge is -2.12. The quantitative estimate of drug-likeness (QED) is 0.578. The number of hydrazine groups is 1. The Hall–Kier alpha value is -2.60. The molecule has 1 aliphatic heterocycles. The van der Waals surface area contributed by atoms with Crippen LogP contribution in [0.3, 0.4) is 0 Å². The van der Waals surface area contributed by atoms with Gasteiger partial charge in [0.25, 0.3) is 5.91 Å². The van der Waals surface area contributed by atoms with Gasteiger partial charge in [-0.15, -0.1) is 0 Å². The third-order valence-corrected chi connectivity index (χ3v) is 3.38. The number of hydrogen-bond donors (Lipinski definition) is 3. The van der Waals surface area contributed by atoms with Gasteiger partial charge in [0, 0.05) is 12.6 Å². The average Bonchev–Trinajstić information content (AvgIpc) is 2.95. The maximum atomic E-state index is 12.0. The lowest BCUT2D eigenvalue weighted by Crippen LogP contribution is -2.34. The molecule has 0 spiro atoms. The second kappa shape index (κ2) is 5.80. The normalized spacial score (nSPS) is 16.0. The van der Waals surface area contributed by atoms with Crippen molar-refractivity contribution in [2.75, 3.05) is 12.0 Å². The van der Waals surface area contributed by atoms with Crippen LogP contribution in [0, 0.1) is 0 Å². The third kappa shape index (κ3) is 2.95. The van der Waals surface area contributed by atoms with E-state index >= 15 is 0 Å². The predicted octanol–water partition coefficient (Wildman–Crippen LogP) is 1.10. The maximum absolute atomic E-state index is 12.0. The summed E-state index contributed by atoms with van der Waals surface area (Å²) in [4.78, 5) is 16.0. The third-order valence-electron chi connectivity index (χ3n) is 3.38. The molecular formula is C15H16N4O2. The molecule has 2 aromatic rings. The monoisotopic (exact) mass is 284 g/mol. The number of rotatable bonds is 4. The largest absolute Gasteiger partial charge is 0.488 e. The van der Waals surface area contributed by atoms with Crippen molar-refractivity contribution >= 4 is 11.7 Å². The number of fused-ring (bicyclic) bond motifs is 1. The summed E-state index contributed by atoms with van der Waals surface area (Å²) in [5.74, 6) is 6.47. The molecule has 6 heteroatoms. The number of amides is 1. The van der Waals surface area contributed by atoms with Crippen molar-refractivity contribution in [3.05, 3.63) is 53.7 Å². The fourth-order valence-corrected chi connectivity index (χ4v) is 2.29. The summed E-state index contributed by atoms with van der Waals surface area (Å²) >= 11 is 0. The molecule has 108 valence electrons. The van der Waals surface area contributed by atoms with Crippen LogP contribution < -0.4 is 21.3 Å². The number of benzene rings is 1. The van der Waals surface area contributed by atoms with E-state index in [0.29, 0.717) is 17.9 Å². The number of nitrogens with two attached hydrogens (primary N) is 1. The van der Waals surface area contributed by atoms with Gasteiger partial charge in [-0.25, -0.2) is 10.8 Å². The Morgan fingerprint density at radius 2 is 2.19 bits per heavy atom. The summed E-state index contributed by atoms with van der Waals surface area (Å²) in [7, 11) is 0. The van der Waals surface area contributed by atoms with Gasteiger partial charge in [-0.2, -0.15) is 0 Å². The minimum Gasteiger partial charge on any atom is -0.488 e. The summed E-state index contributed by atoms with van der Waals surface area (Å²) < 4.78 is 5.77. The van der Waals surface area contributed by atoms with Crippen LogP contribution in [-0.2, 0) is 6.42 Å². The highest BCUT2D eigenvalue weighted by molar-refractivity contribution is 5.94. The van der Waals surface area contributed by atoms with Gasteiger partial charge in [0.05, 0.1) is 12.1 Å². The van der Waals surface area contributed by atoms with Crippen molar-refractivity contribution in [1.82, 2.24) is 10.3 Å². The maximum Gasteiger partial charge on any atom is 0.252 e. The molecule has 6 nitrogen and oxygen atoms in total. The smallest absolute Gasteiger partial charge is 0.252 e. The van der Waals surface area contributed by atoms with Crippen LogP contribution in [-0.4, -0.2) is 23.5 Å². The zero-order valence-corrected chi connectivity index (χ0v) is 11.4. The average molecular weight is 284 g/mol. The van der Waals surface area contributed by atoms with Gasteiger partial charge in [-0.1, -0.05) is 18.2 Å². The van der Waals surface area contributed by atoms with E-state index in [4.69, 9.17) is 10.6 Å². The molecule has 21 heavy (non-hydrogen) atoms. The van der Waals surface area contributed by atoms with Crippen molar-refractivity contribution in [3.63, 3.8) is 0 Å². The fraction of sp³-hybridized carbons (Fsp3) is 0.200. The topological polar surface area (TPSA) is 89.3 Å². The molecule has 0 fully saturated rings. The van der Waals surface area contributed by atoms with Gasteiger partial charge in [0.2, 0.25) is 0 Å². The molecule has 0 saturated carbocycles. The first-order chi connectivity index (χ1) is 10.3. The fourth-order valence-electron chi connectivity index (χ4n) is 2.29. The van der Waals surface area contributed by atoms with Crippen LogP contribution in [0.1, 0.15) is 15.9 Å². The molecule has 2 heterocycles. The van der Waals surface area contributed by atoms with E-state index in [1.807, 2.05) is 24.3 Å². The molecule has 1 unspecified atom stereocenters. The summed E-state index contributed by atoms with van der Waals surface area (Å²) in [6, 6.07) is 11.2. The van der Waals surface area contributed by atoms with Gasteiger partial charge < -0.3 is 15.5 Å². The summed E-state index contributed by atoms with van der Waals surface area (Å²) in [5, 5.41) is 2.86. The van der Waals surface area contributed by atoms with Gasteiger partial charge in [0.1, 0.15) is 17.7 Å². The summed E-state index contributed by atoms with van der Waals surface area (Å²) in [5.41, 5.74) is 4.09. The Labute approximate surface area is 122 Å². The molecule has 0 radical (unpaired) electrons. The number of para-hydroxylation sites is 1. The molecule has 1 aromatic carbocycles. The standard InChI is InChI=1S/C15H16N4O2/c16-19-14-6-5-11(8-17-14)15(20)18-9-12-7-10-3-1-2-4-13(10)21-12/h1-6,8,12H,7,9,16H2,(H,17,19)(H,18,20). The molecule has 0 bridgehead atoms. The van der Waals surface area contributed by atoms with Crippen molar-refractivity contribution in [1.29, 1.82) is 0 Å². The Morgan fingerprint density at radius 1 is 1.33 bits per heavy atom. The number of carbonyl (C=O) groups is 1. The van der Waals surface area contributed by atoms with Gasteiger partial charge in [-0.3, -0.25) is 4.79 Å². The number of anilines is 1. The summed E-state index contributed by atoms with van der Waals surface area (Å²) in [6.07, 6.45) is 2.27. The number of nitrogens with one attached hydrogen (secondary N) is 2.